The summed E-state index contributed by atoms with van der Waals surface area (Å²) in [6.45, 7) is 5.17. The summed E-state index contributed by atoms with van der Waals surface area (Å²) in [6.07, 6.45) is 7.65. The Morgan fingerprint density at radius 1 is 0.975 bits per heavy atom. The second-order valence-corrected chi connectivity index (χ2v) is 12.1. The summed E-state index contributed by atoms with van der Waals surface area (Å²) < 4.78 is 16.7. The standard InChI is InChI=1S/C32H35ClFN5O/c33-27-17-26-31(30(34)29(27)25-16-23(40)15-20-7-1-2-8-24(20)25)36-28(9-3-4-12-38-13-5-6-14-38)37-32(26)39-18-21-10-11-22(19-39)35-21/h1-2,7-8,15-17,21-22,35,40H,3-6,9-14,18-19H2. The van der Waals surface area contributed by atoms with Crippen molar-refractivity contribution in [2.24, 2.45) is 0 Å². The van der Waals surface area contributed by atoms with Crippen molar-refractivity contribution in [3.8, 4) is 16.9 Å². The van der Waals surface area contributed by atoms with Crippen LogP contribution < -0.4 is 10.2 Å². The molecule has 1 aromatic heterocycles. The number of phenols is 1. The first-order chi connectivity index (χ1) is 19.5. The number of piperazine rings is 1. The lowest BCUT2D eigenvalue weighted by Crippen LogP contribution is -2.51. The number of aryl methyl sites for hydroxylation is 1. The van der Waals surface area contributed by atoms with Gasteiger partial charge in [-0.3, -0.25) is 0 Å². The Morgan fingerprint density at radius 2 is 1.75 bits per heavy atom. The molecule has 3 saturated heterocycles. The van der Waals surface area contributed by atoms with Gasteiger partial charge in [0.2, 0.25) is 0 Å². The average molecular weight is 560 g/mol. The van der Waals surface area contributed by atoms with E-state index in [1.54, 1.807) is 12.1 Å². The molecule has 0 amide bonds. The number of likely N-dealkylation sites (tertiary alicyclic amines) is 1. The largest absolute Gasteiger partial charge is 0.508 e. The Labute approximate surface area is 239 Å². The van der Waals surface area contributed by atoms with Gasteiger partial charge in [-0.25, -0.2) is 14.4 Å². The Hall–Kier alpha value is -3.00. The van der Waals surface area contributed by atoms with E-state index in [4.69, 9.17) is 21.6 Å². The summed E-state index contributed by atoms with van der Waals surface area (Å²) in [5, 5.41) is 16.8. The second-order valence-electron chi connectivity index (χ2n) is 11.7. The molecule has 2 N–H and O–H groups in total. The smallest absolute Gasteiger partial charge is 0.158 e. The zero-order valence-corrected chi connectivity index (χ0v) is 23.4. The van der Waals surface area contributed by atoms with Crippen LogP contribution >= 0.6 is 11.6 Å². The normalized spacial score (nSPS) is 21.2. The van der Waals surface area contributed by atoms with Crippen LogP contribution in [-0.2, 0) is 6.42 Å². The van der Waals surface area contributed by atoms with Crippen molar-refractivity contribution in [1.82, 2.24) is 20.2 Å². The number of benzene rings is 3. The van der Waals surface area contributed by atoms with Gasteiger partial charge in [0.05, 0.1) is 5.02 Å². The maximum absolute atomic E-state index is 16.7. The van der Waals surface area contributed by atoms with Crippen LogP contribution in [0, 0.1) is 5.82 Å². The van der Waals surface area contributed by atoms with E-state index in [9.17, 15) is 5.11 Å². The number of aromatic hydroxyl groups is 1. The number of anilines is 1. The highest BCUT2D eigenvalue weighted by Crippen LogP contribution is 2.42. The molecule has 7 rings (SSSR count). The van der Waals surface area contributed by atoms with E-state index in [1.165, 1.54) is 25.9 Å². The number of hydrogen-bond acceptors (Lipinski definition) is 6. The van der Waals surface area contributed by atoms with Gasteiger partial charge in [-0.05, 0) is 92.7 Å². The van der Waals surface area contributed by atoms with Gasteiger partial charge in [0.15, 0.2) is 5.82 Å². The van der Waals surface area contributed by atoms with Crippen molar-refractivity contribution in [1.29, 1.82) is 0 Å². The number of phenolic OH excluding ortho intramolecular Hbond substituents is 1. The number of aromatic nitrogens is 2. The van der Waals surface area contributed by atoms with Crippen LogP contribution in [0.4, 0.5) is 10.2 Å². The molecule has 3 aliphatic heterocycles. The SMILES string of the molecule is Oc1cc(-c2c(Cl)cc3c(N4CC5CCC(C4)N5)nc(CCCCN4CCCC4)nc3c2F)c2ccccc2c1. The molecule has 2 atom stereocenters. The Morgan fingerprint density at radius 3 is 2.55 bits per heavy atom. The van der Waals surface area contributed by atoms with Crippen LogP contribution in [0.15, 0.2) is 42.5 Å². The lowest BCUT2D eigenvalue weighted by atomic mass is 9.96. The molecule has 40 heavy (non-hydrogen) atoms. The van der Waals surface area contributed by atoms with E-state index in [-0.39, 0.29) is 11.3 Å². The minimum Gasteiger partial charge on any atom is -0.508 e. The van der Waals surface area contributed by atoms with Gasteiger partial charge in [0, 0.05) is 42.5 Å². The number of halogens is 2. The van der Waals surface area contributed by atoms with Crippen molar-refractivity contribution in [2.75, 3.05) is 37.6 Å². The minimum atomic E-state index is -0.460. The van der Waals surface area contributed by atoms with Gasteiger partial charge in [0.25, 0.3) is 0 Å². The van der Waals surface area contributed by atoms with Crippen molar-refractivity contribution in [2.45, 2.75) is 57.0 Å². The highest BCUT2D eigenvalue weighted by atomic mass is 35.5. The molecule has 0 saturated carbocycles. The van der Waals surface area contributed by atoms with Crippen LogP contribution in [-0.4, -0.2) is 64.8 Å². The molecule has 2 unspecified atom stereocenters. The topological polar surface area (TPSA) is 64.5 Å². The van der Waals surface area contributed by atoms with Crippen molar-refractivity contribution < 1.29 is 9.50 Å². The number of fused-ring (bicyclic) bond motifs is 4. The molecule has 8 heteroatoms. The second kappa shape index (κ2) is 10.8. The minimum absolute atomic E-state index is 0.0719. The fraction of sp³-hybridized carbons (Fsp3) is 0.438. The van der Waals surface area contributed by atoms with E-state index in [0.717, 1.165) is 61.9 Å². The molecule has 3 aliphatic rings. The molecule has 3 aromatic carbocycles. The number of rotatable bonds is 7. The highest BCUT2D eigenvalue weighted by molar-refractivity contribution is 6.35. The first-order valence-corrected chi connectivity index (χ1v) is 15.1. The summed E-state index contributed by atoms with van der Waals surface area (Å²) in [6, 6.07) is 13.6. The van der Waals surface area contributed by atoms with Gasteiger partial charge in [-0.1, -0.05) is 35.9 Å². The summed E-state index contributed by atoms with van der Waals surface area (Å²) in [7, 11) is 0. The zero-order chi connectivity index (χ0) is 27.2. The average Bonchev–Trinajstić information content (AvgIpc) is 3.59. The monoisotopic (exact) mass is 559 g/mol. The predicted molar refractivity (Wildman–Crippen MR) is 160 cm³/mol. The molecule has 0 spiro atoms. The van der Waals surface area contributed by atoms with Crippen molar-refractivity contribution >= 4 is 39.1 Å². The van der Waals surface area contributed by atoms with E-state index < -0.39 is 5.82 Å². The van der Waals surface area contributed by atoms with Crippen LogP contribution in [0.25, 0.3) is 32.8 Å². The maximum Gasteiger partial charge on any atom is 0.158 e. The molecule has 2 bridgehead atoms. The summed E-state index contributed by atoms with van der Waals surface area (Å²) >= 11 is 6.87. The fourth-order valence-corrected chi connectivity index (χ4v) is 7.21. The lowest BCUT2D eigenvalue weighted by molar-refractivity contribution is 0.330. The van der Waals surface area contributed by atoms with E-state index in [0.29, 0.717) is 45.8 Å². The Kier molecular flexibility index (Phi) is 6.98. The Balaban J connectivity index is 1.32. The molecule has 4 heterocycles. The third kappa shape index (κ3) is 4.89. The first kappa shape index (κ1) is 25.9. The van der Waals surface area contributed by atoms with Gasteiger partial charge >= 0.3 is 0 Å². The molecule has 0 radical (unpaired) electrons. The van der Waals surface area contributed by atoms with E-state index in [2.05, 4.69) is 15.1 Å². The molecular weight excluding hydrogens is 525 g/mol. The summed E-state index contributed by atoms with van der Waals surface area (Å²) in [5.74, 6) is 1.08. The quantitative estimate of drug-likeness (QED) is 0.259. The summed E-state index contributed by atoms with van der Waals surface area (Å²) in [5.41, 5.74) is 1.14. The van der Waals surface area contributed by atoms with Gasteiger partial charge in [-0.15, -0.1) is 0 Å². The van der Waals surface area contributed by atoms with Crippen molar-refractivity contribution in [3.63, 3.8) is 0 Å². The molecule has 208 valence electrons. The van der Waals surface area contributed by atoms with Crippen molar-refractivity contribution in [3.05, 3.63) is 59.1 Å². The zero-order valence-electron chi connectivity index (χ0n) is 22.7. The van der Waals surface area contributed by atoms with Gasteiger partial charge in [-0.2, -0.15) is 0 Å². The Bertz CT molecular complexity index is 1560. The molecule has 3 fully saturated rings. The predicted octanol–water partition coefficient (Wildman–Crippen LogP) is 6.31. The first-order valence-electron chi connectivity index (χ1n) is 14.7. The van der Waals surface area contributed by atoms with E-state index >= 15 is 4.39 Å². The number of hydrogen-bond donors (Lipinski definition) is 2. The molecule has 6 nitrogen and oxygen atoms in total. The third-order valence-electron chi connectivity index (χ3n) is 8.86. The fourth-order valence-electron chi connectivity index (χ4n) is 6.92. The van der Waals surface area contributed by atoms with Gasteiger partial charge < -0.3 is 20.2 Å². The highest BCUT2D eigenvalue weighted by Gasteiger charge is 2.34. The van der Waals surface area contributed by atoms with Gasteiger partial charge in [0.1, 0.15) is 22.9 Å². The number of nitrogens with zero attached hydrogens (tertiary/aromatic N) is 4. The summed E-state index contributed by atoms with van der Waals surface area (Å²) in [4.78, 5) is 14.7. The van der Waals surface area contributed by atoms with E-state index in [1.807, 2.05) is 30.3 Å². The van der Waals surface area contributed by atoms with Crippen LogP contribution in [0.5, 0.6) is 5.75 Å². The molecule has 0 aliphatic carbocycles. The number of unbranched alkanes of at least 4 members (excludes halogenated alkanes) is 1. The molecular formula is C32H35ClFN5O. The van der Waals surface area contributed by atoms with Crippen LogP contribution in [0.3, 0.4) is 0 Å². The lowest BCUT2D eigenvalue weighted by Gasteiger charge is -2.34. The maximum atomic E-state index is 16.7. The van der Waals surface area contributed by atoms with Crippen LogP contribution in [0.2, 0.25) is 5.02 Å². The number of nitrogens with one attached hydrogen (secondary N) is 1. The molecule has 4 aromatic rings. The van der Waals surface area contributed by atoms with Crippen LogP contribution in [0.1, 0.15) is 44.3 Å². The third-order valence-corrected chi connectivity index (χ3v) is 9.16.